The van der Waals surface area contributed by atoms with Gasteiger partial charge in [0, 0.05) is 35.6 Å². The maximum absolute atomic E-state index is 14.3. The van der Waals surface area contributed by atoms with Crippen molar-refractivity contribution in [3.05, 3.63) is 63.8 Å². The quantitative estimate of drug-likeness (QED) is 0.302. The zero-order chi connectivity index (χ0) is 33.2. The number of carbonyl (C=O) groups excluding carboxylic acids is 3. The van der Waals surface area contributed by atoms with E-state index in [0.29, 0.717) is 66.6 Å². The number of benzene rings is 1. The number of aromatic nitrogens is 1. The second-order valence-electron chi connectivity index (χ2n) is 13.0. The van der Waals surface area contributed by atoms with Crippen LogP contribution < -0.4 is 5.32 Å². The Bertz CT molecular complexity index is 1880. The fourth-order valence-electron chi connectivity index (χ4n) is 7.85. The molecule has 3 N–H and O–H groups in total. The molecule has 15 heteroatoms. The van der Waals surface area contributed by atoms with E-state index in [4.69, 9.17) is 11.6 Å². The monoisotopic (exact) mass is 699 g/mol. The van der Waals surface area contributed by atoms with Crippen LogP contribution in [0, 0.1) is 17.2 Å². The van der Waals surface area contributed by atoms with Crippen LogP contribution in [0.4, 0.5) is 4.39 Å². The van der Waals surface area contributed by atoms with Crippen molar-refractivity contribution in [3.63, 3.8) is 0 Å². The summed E-state index contributed by atoms with van der Waals surface area (Å²) in [6.45, 7) is 0.341. The first-order chi connectivity index (χ1) is 22.4. The number of nitrogens with zero attached hydrogens (tertiary/aromatic N) is 4. The lowest BCUT2D eigenvalue weighted by Gasteiger charge is -2.35. The summed E-state index contributed by atoms with van der Waals surface area (Å²) in [5.74, 6) is -4.10. The van der Waals surface area contributed by atoms with Gasteiger partial charge in [0.05, 0.1) is 27.4 Å². The third-order valence-corrected chi connectivity index (χ3v) is 12.4. The van der Waals surface area contributed by atoms with Crippen molar-refractivity contribution in [2.24, 2.45) is 5.92 Å². The molecule has 1 aromatic carbocycles. The van der Waals surface area contributed by atoms with Crippen molar-refractivity contribution in [1.82, 2.24) is 20.1 Å². The number of nitrogens with one attached hydrogen (secondary N) is 1. The predicted molar refractivity (Wildman–Crippen MR) is 171 cm³/mol. The second-order valence-corrected chi connectivity index (χ2v) is 16.1. The normalized spacial score (nSPS) is 27.4. The summed E-state index contributed by atoms with van der Waals surface area (Å²) in [6, 6.07) is 8.19. The fourth-order valence-corrected chi connectivity index (χ4v) is 9.52. The van der Waals surface area contributed by atoms with E-state index >= 15 is 0 Å². The molecule has 1 saturated carbocycles. The number of likely N-dealkylation sites (tertiary alicyclic amines) is 1. The van der Waals surface area contributed by atoms with Gasteiger partial charge in [-0.3, -0.25) is 23.9 Å². The van der Waals surface area contributed by atoms with Crippen LogP contribution in [0.3, 0.4) is 0 Å². The Labute approximate surface area is 278 Å². The number of thiophene rings is 1. The Morgan fingerprint density at radius 2 is 1.96 bits per heavy atom. The van der Waals surface area contributed by atoms with Gasteiger partial charge in [-0.2, -0.15) is 5.26 Å². The van der Waals surface area contributed by atoms with Crippen molar-refractivity contribution in [2.75, 3.05) is 6.54 Å². The molecule has 3 aliphatic heterocycles. The molecular formula is C32H32ClFN5O6PS. The molecule has 0 bridgehead atoms. The zero-order valence-electron chi connectivity index (χ0n) is 25.1. The summed E-state index contributed by atoms with van der Waals surface area (Å²) in [5, 5.41) is 14.0. The standard InChI is InChI=1S/C32H32ClFN5O6PS/c33-20-11-19(14-36-15-20)22-16-38(32(8-9-32)23(22)13-35)31(42)25-6-5-21-2-1-3-24(30(41)39(21)25)37-29(40)27-12-18-10-17(4-7-26(18)47-27)28(34)46(43,44)45/h4,7,10-12,14-15,21-25,28H,1-3,5-6,8-9,16H2,(H,37,40)(H2,43,44,45)/t21-,22-,23-,24-,25-,28+/m0/s1. The summed E-state index contributed by atoms with van der Waals surface area (Å²) in [5.41, 5.74) is 0.0498. The van der Waals surface area contributed by atoms with Crippen molar-refractivity contribution in [3.8, 4) is 6.07 Å². The van der Waals surface area contributed by atoms with Gasteiger partial charge in [0.1, 0.15) is 12.1 Å². The number of pyridine rings is 1. The molecule has 0 unspecified atom stereocenters. The Kier molecular flexibility index (Phi) is 8.17. The smallest absolute Gasteiger partial charge is 0.340 e. The van der Waals surface area contributed by atoms with Gasteiger partial charge in [-0.1, -0.05) is 17.7 Å². The lowest BCUT2D eigenvalue weighted by molar-refractivity contribution is -0.147. The Balaban J connectivity index is 1.09. The minimum atomic E-state index is -4.99. The maximum atomic E-state index is 14.3. The van der Waals surface area contributed by atoms with Crippen LogP contribution in [0.25, 0.3) is 10.1 Å². The van der Waals surface area contributed by atoms with E-state index in [1.807, 2.05) is 4.90 Å². The Morgan fingerprint density at radius 1 is 1.17 bits per heavy atom. The minimum Gasteiger partial charge on any atom is -0.340 e. The van der Waals surface area contributed by atoms with Gasteiger partial charge in [0.2, 0.25) is 17.7 Å². The molecule has 5 heterocycles. The van der Waals surface area contributed by atoms with Gasteiger partial charge < -0.3 is 24.9 Å². The molecule has 6 atom stereocenters. The zero-order valence-corrected chi connectivity index (χ0v) is 27.6. The molecule has 7 rings (SSSR count). The third kappa shape index (κ3) is 5.64. The molecule has 47 heavy (non-hydrogen) atoms. The van der Waals surface area contributed by atoms with Gasteiger partial charge in [-0.25, -0.2) is 4.39 Å². The predicted octanol–water partition coefficient (Wildman–Crippen LogP) is 5.04. The van der Waals surface area contributed by atoms with Gasteiger partial charge in [-0.05, 0) is 85.7 Å². The van der Waals surface area contributed by atoms with E-state index in [0.717, 1.165) is 16.9 Å². The highest BCUT2D eigenvalue weighted by molar-refractivity contribution is 7.51. The molecule has 4 aliphatic rings. The summed E-state index contributed by atoms with van der Waals surface area (Å²) in [6.07, 6.45) is 7.64. The van der Waals surface area contributed by atoms with Crippen LogP contribution in [0.1, 0.15) is 77.6 Å². The van der Waals surface area contributed by atoms with E-state index in [1.165, 1.54) is 30.5 Å². The Hall–Kier alpha value is -3.40. The minimum absolute atomic E-state index is 0.124. The molecule has 0 radical (unpaired) electrons. The number of amides is 3. The second kappa shape index (κ2) is 11.9. The first-order valence-electron chi connectivity index (χ1n) is 15.6. The molecule has 1 spiro atoms. The van der Waals surface area contributed by atoms with Crippen LogP contribution in [-0.2, 0) is 14.2 Å². The molecule has 4 fully saturated rings. The first-order valence-corrected chi connectivity index (χ1v) is 18.5. The van der Waals surface area contributed by atoms with Crippen LogP contribution >= 0.6 is 30.5 Å². The molecular weight excluding hydrogens is 668 g/mol. The van der Waals surface area contributed by atoms with E-state index in [9.17, 15) is 38.4 Å². The SMILES string of the molecule is N#C[C@H]1[C@H](c2cncc(Cl)c2)CN(C(=O)[C@@H]2CC[C@@H]3CCC[C@H](NC(=O)c4cc5cc([C@H](F)P(=O)(O)O)ccc5s4)C(=O)N32)C12CC2. The maximum Gasteiger partial charge on any atom is 0.363 e. The number of alkyl halides is 1. The van der Waals surface area contributed by atoms with E-state index in [2.05, 4.69) is 16.4 Å². The average Bonchev–Trinajstić information content (AvgIpc) is 3.42. The van der Waals surface area contributed by atoms with Gasteiger partial charge in [0.25, 0.3) is 5.91 Å². The highest BCUT2D eigenvalue weighted by Gasteiger charge is 2.64. The van der Waals surface area contributed by atoms with Crippen molar-refractivity contribution in [1.29, 1.82) is 5.26 Å². The molecule has 2 aromatic heterocycles. The summed E-state index contributed by atoms with van der Waals surface area (Å²) >= 11 is 7.34. The molecule has 11 nitrogen and oxygen atoms in total. The fraction of sp³-hybridized carbons (Fsp3) is 0.469. The number of carbonyl (C=O) groups is 3. The largest absolute Gasteiger partial charge is 0.363 e. The number of rotatable bonds is 6. The summed E-state index contributed by atoms with van der Waals surface area (Å²) < 4.78 is 26.3. The van der Waals surface area contributed by atoms with Crippen molar-refractivity contribution in [2.45, 2.75) is 80.4 Å². The number of fused-ring (bicyclic) bond motifs is 2. The van der Waals surface area contributed by atoms with Crippen LogP contribution in [0.5, 0.6) is 0 Å². The topological polar surface area (TPSA) is 164 Å². The van der Waals surface area contributed by atoms with E-state index in [-0.39, 0.29) is 34.2 Å². The van der Waals surface area contributed by atoms with Crippen molar-refractivity contribution >= 4 is 58.3 Å². The number of hydrogen-bond donors (Lipinski definition) is 3. The van der Waals surface area contributed by atoms with Crippen LogP contribution in [-0.4, -0.2) is 72.5 Å². The third-order valence-electron chi connectivity index (χ3n) is 10.2. The molecule has 246 valence electrons. The van der Waals surface area contributed by atoms with Crippen molar-refractivity contribution < 1.29 is 33.1 Å². The highest BCUT2D eigenvalue weighted by Crippen LogP contribution is 2.58. The molecule has 3 amide bonds. The van der Waals surface area contributed by atoms with Crippen LogP contribution in [0.2, 0.25) is 5.02 Å². The van der Waals surface area contributed by atoms with E-state index < -0.39 is 43.0 Å². The highest BCUT2D eigenvalue weighted by atomic mass is 35.5. The Morgan fingerprint density at radius 3 is 2.66 bits per heavy atom. The molecule has 3 saturated heterocycles. The van der Waals surface area contributed by atoms with Crippen LogP contribution in [0.15, 0.2) is 42.7 Å². The first kappa shape index (κ1) is 32.2. The lowest BCUT2D eigenvalue weighted by Crippen LogP contribution is -2.56. The summed E-state index contributed by atoms with van der Waals surface area (Å²) in [7, 11) is -4.99. The van der Waals surface area contributed by atoms with E-state index in [1.54, 1.807) is 17.2 Å². The summed E-state index contributed by atoms with van der Waals surface area (Å²) in [4.78, 5) is 68.2. The lowest BCUT2D eigenvalue weighted by atomic mass is 9.85. The average molecular weight is 700 g/mol. The van der Waals surface area contributed by atoms with Gasteiger partial charge in [0.15, 0.2) is 0 Å². The van der Waals surface area contributed by atoms with Gasteiger partial charge >= 0.3 is 7.60 Å². The molecule has 1 aliphatic carbocycles. The number of halogens is 2. The number of nitriles is 1. The number of hydrogen-bond acceptors (Lipinski definition) is 7. The van der Waals surface area contributed by atoms with Gasteiger partial charge in [-0.15, -0.1) is 11.3 Å². The molecule has 3 aromatic rings.